The fraction of sp³-hybridized carbons (Fsp3) is 1.00. The number of methoxy groups -OCH3 is 1. The van der Waals surface area contributed by atoms with Gasteiger partial charge in [-0.15, -0.1) is 0 Å². The molecule has 15 heavy (non-hydrogen) atoms. The molecule has 2 aliphatic rings. The smallest absolute Gasteiger partial charge is 0.0737 e. The Kier molecular flexibility index (Phi) is 4.42. The molecule has 0 aromatic carbocycles. The van der Waals surface area contributed by atoms with Crippen molar-refractivity contribution in [3.63, 3.8) is 0 Å². The zero-order valence-electron chi connectivity index (χ0n) is 9.87. The van der Waals surface area contributed by atoms with E-state index in [2.05, 4.69) is 10.4 Å². The van der Waals surface area contributed by atoms with Gasteiger partial charge in [0.1, 0.15) is 0 Å². The number of piperidine rings is 1. The highest BCUT2D eigenvalue weighted by Crippen LogP contribution is 2.21. The zero-order chi connectivity index (χ0) is 10.5. The molecule has 1 saturated heterocycles. The van der Waals surface area contributed by atoms with Crippen LogP contribution in [0.4, 0.5) is 0 Å². The van der Waals surface area contributed by atoms with E-state index in [1.165, 1.54) is 58.0 Å². The summed E-state index contributed by atoms with van der Waals surface area (Å²) in [5.41, 5.74) is 3.67. The van der Waals surface area contributed by atoms with Crippen molar-refractivity contribution in [1.82, 2.24) is 10.4 Å². The lowest BCUT2D eigenvalue weighted by molar-refractivity contribution is 0.00279. The van der Waals surface area contributed by atoms with Gasteiger partial charge in [0.15, 0.2) is 0 Å². The summed E-state index contributed by atoms with van der Waals surface area (Å²) in [6.45, 7) is 2.43. The first kappa shape index (κ1) is 11.4. The van der Waals surface area contributed by atoms with Crippen LogP contribution in [-0.4, -0.2) is 37.4 Å². The van der Waals surface area contributed by atoms with E-state index in [-0.39, 0.29) is 0 Å². The predicted molar refractivity (Wildman–Crippen MR) is 61.6 cm³/mol. The third-order valence-electron chi connectivity index (χ3n) is 3.71. The van der Waals surface area contributed by atoms with E-state index < -0.39 is 0 Å². The Bertz CT molecular complexity index is 180. The molecular weight excluding hydrogens is 188 g/mol. The highest BCUT2D eigenvalue weighted by molar-refractivity contribution is 4.81. The van der Waals surface area contributed by atoms with E-state index in [4.69, 9.17) is 4.74 Å². The van der Waals surface area contributed by atoms with Crippen LogP contribution >= 0.6 is 0 Å². The first-order chi connectivity index (χ1) is 7.40. The summed E-state index contributed by atoms with van der Waals surface area (Å²) < 4.78 is 5.56. The van der Waals surface area contributed by atoms with E-state index in [0.29, 0.717) is 12.1 Å². The van der Waals surface area contributed by atoms with Crippen LogP contribution in [0, 0.1) is 0 Å². The number of nitrogens with one attached hydrogen (secondary N) is 1. The average Bonchev–Trinajstić information content (AvgIpc) is 2.31. The SMILES string of the molecule is COC1CCCCC1NN1CCCCC1. The predicted octanol–water partition coefficient (Wildman–Crippen LogP) is 1.93. The van der Waals surface area contributed by atoms with Crippen LogP contribution in [0.1, 0.15) is 44.9 Å². The first-order valence-corrected chi connectivity index (χ1v) is 6.44. The highest BCUT2D eigenvalue weighted by Gasteiger charge is 2.26. The topological polar surface area (TPSA) is 24.5 Å². The van der Waals surface area contributed by atoms with Crippen molar-refractivity contribution in [2.45, 2.75) is 57.1 Å². The van der Waals surface area contributed by atoms with Gasteiger partial charge < -0.3 is 4.74 Å². The molecule has 1 aliphatic carbocycles. The molecule has 2 atom stereocenters. The van der Waals surface area contributed by atoms with E-state index in [9.17, 15) is 0 Å². The van der Waals surface area contributed by atoms with E-state index >= 15 is 0 Å². The van der Waals surface area contributed by atoms with Crippen molar-refractivity contribution >= 4 is 0 Å². The minimum Gasteiger partial charge on any atom is -0.380 e. The fourth-order valence-corrected chi connectivity index (χ4v) is 2.78. The Hall–Kier alpha value is -0.120. The molecule has 3 nitrogen and oxygen atoms in total. The molecule has 0 spiro atoms. The van der Waals surface area contributed by atoms with Crippen LogP contribution < -0.4 is 5.43 Å². The summed E-state index contributed by atoms with van der Waals surface area (Å²) in [6, 6.07) is 0.557. The van der Waals surface area contributed by atoms with Crippen LogP contribution in [0.5, 0.6) is 0 Å². The van der Waals surface area contributed by atoms with Gasteiger partial charge in [-0.2, -0.15) is 0 Å². The molecule has 0 aromatic rings. The maximum atomic E-state index is 5.56. The van der Waals surface area contributed by atoms with Gasteiger partial charge in [-0.3, -0.25) is 0 Å². The number of nitrogens with zero attached hydrogens (tertiary/aromatic N) is 1. The van der Waals surface area contributed by atoms with Crippen molar-refractivity contribution in [1.29, 1.82) is 0 Å². The van der Waals surface area contributed by atoms with Crippen molar-refractivity contribution in [3.05, 3.63) is 0 Å². The van der Waals surface area contributed by atoms with E-state index in [1.54, 1.807) is 0 Å². The lowest BCUT2D eigenvalue weighted by atomic mass is 9.93. The number of hydrogen-bond donors (Lipinski definition) is 1. The molecule has 1 aliphatic heterocycles. The average molecular weight is 212 g/mol. The van der Waals surface area contributed by atoms with Crippen molar-refractivity contribution in [2.75, 3.05) is 20.2 Å². The Labute approximate surface area is 93.1 Å². The molecule has 1 saturated carbocycles. The number of hydrazine groups is 1. The largest absolute Gasteiger partial charge is 0.380 e. The molecule has 0 amide bonds. The Morgan fingerprint density at radius 3 is 2.47 bits per heavy atom. The van der Waals surface area contributed by atoms with Gasteiger partial charge in [0.2, 0.25) is 0 Å². The Balaban J connectivity index is 1.79. The first-order valence-electron chi connectivity index (χ1n) is 6.44. The molecule has 1 heterocycles. The molecule has 0 bridgehead atoms. The van der Waals surface area contributed by atoms with Crippen LogP contribution in [0.15, 0.2) is 0 Å². The second-order valence-corrected chi connectivity index (χ2v) is 4.84. The van der Waals surface area contributed by atoms with E-state index in [0.717, 1.165) is 0 Å². The minimum atomic E-state index is 0.431. The minimum absolute atomic E-state index is 0.431. The second-order valence-electron chi connectivity index (χ2n) is 4.84. The maximum Gasteiger partial charge on any atom is 0.0737 e. The van der Waals surface area contributed by atoms with E-state index in [1.807, 2.05) is 7.11 Å². The molecular formula is C12H24N2O. The molecule has 88 valence electrons. The lowest BCUT2D eigenvalue weighted by Crippen LogP contribution is -2.53. The van der Waals surface area contributed by atoms with Crippen LogP contribution in [0.25, 0.3) is 0 Å². The Morgan fingerprint density at radius 2 is 1.73 bits per heavy atom. The van der Waals surface area contributed by atoms with Gasteiger partial charge in [-0.25, -0.2) is 10.4 Å². The molecule has 3 heteroatoms. The lowest BCUT2D eigenvalue weighted by Gasteiger charge is -2.37. The fourth-order valence-electron chi connectivity index (χ4n) is 2.78. The van der Waals surface area contributed by atoms with Crippen molar-refractivity contribution < 1.29 is 4.74 Å². The highest BCUT2D eigenvalue weighted by atomic mass is 16.5. The number of ether oxygens (including phenoxy) is 1. The van der Waals surface area contributed by atoms with Crippen LogP contribution in [0.2, 0.25) is 0 Å². The van der Waals surface area contributed by atoms with Gasteiger partial charge in [-0.05, 0) is 25.7 Å². The number of hydrogen-bond acceptors (Lipinski definition) is 3. The summed E-state index contributed by atoms with van der Waals surface area (Å²) in [6.07, 6.45) is 9.70. The zero-order valence-corrected chi connectivity index (χ0v) is 9.87. The third kappa shape index (κ3) is 3.16. The van der Waals surface area contributed by atoms with Gasteiger partial charge in [0.05, 0.1) is 6.10 Å². The summed E-state index contributed by atoms with van der Waals surface area (Å²) in [5.74, 6) is 0. The summed E-state index contributed by atoms with van der Waals surface area (Å²) in [7, 11) is 1.85. The molecule has 1 N–H and O–H groups in total. The standard InChI is InChI=1S/C12H24N2O/c1-15-12-8-4-3-7-11(12)13-14-9-5-2-6-10-14/h11-13H,2-10H2,1H3. The van der Waals surface area contributed by atoms with Crippen LogP contribution in [-0.2, 0) is 4.74 Å². The molecule has 0 radical (unpaired) electrons. The Morgan fingerprint density at radius 1 is 1.00 bits per heavy atom. The second kappa shape index (κ2) is 5.83. The number of rotatable bonds is 3. The van der Waals surface area contributed by atoms with Crippen molar-refractivity contribution in [2.24, 2.45) is 0 Å². The van der Waals surface area contributed by atoms with Gasteiger partial charge >= 0.3 is 0 Å². The molecule has 2 unspecified atom stereocenters. The van der Waals surface area contributed by atoms with Crippen LogP contribution in [0.3, 0.4) is 0 Å². The summed E-state index contributed by atoms with van der Waals surface area (Å²) in [5, 5.41) is 2.41. The van der Waals surface area contributed by atoms with Gasteiger partial charge in [-0.1, -0.05) is 19.3 Å². The molecule has 0 aromatic heterocycles. The molecule has 2 fully saturated rings. The van der Waals surface area contributed by atoms with Gasteiger partial charge in [0, 0.05) is 26.2 Å². The third-order valence-corrected chi connectivity index (χ3v) is 3.71. The molecule has 2 rings (SSSR count). The van der Waals surface area contributed by atoms with Crippen molar-refractivity contribution in [3.8, 4) is 0 Å². The summed E-state index contributed by atoms with van der Waals surface area (Å²) in [4.78, 5) is 0. The normalized spacial score (nSPS) is 34.2. The maximum absolute atomic E-state index is 5.56. The quantitative estimate of drug-likeness (QED) is 0.773. The van der Waals surface area contributed by atoms with Gasteiger partial charge in [0.25, 0.3) is 0 Å². The monoisotopic (exact) mass is 212 g/mol. The summed E-state index contributed by atoms with van der Waals surface area (Å²) >= 11 is 0.